The summed E-state index contributed by atoms with van der Waals surface area (Å²) in [5.41, 5.74) is 1.66. The third kappa shape index (κ3) is 3.44. The molecular weight excluding hydrogens is 268 g/mol. The molecule has 1 aliphatic carbocycles. The Bertz CT molecular complexity index is 496. The van der Waals surface area contributed by atoms with Gasteiger partial charge in [-0.3, -0.25) is 9.48 Å². The number of aromatic nitrogens is 2. The molecule has 0 radical (unpaired) electrons. The fourth-order valence-electron chi connectivity index (χ4n) is 2.92. The van der Waals surface area contributed by atoms with Crippen LogP contribution in [0.2, 0.25) is 0 Å². The molecule has 118 valence electrons. The smallest absolute Gasteiger partial charge is 0.240 e. The minimum Gasteiger partial charge on any atom is -0.394 e. The number of fused-ring (bicyclic) bond motifs is 1. The van der Waals surface area contributed by atoms with E-state index in [1.165, 1.54) is 0 Å². The number of aliphatic hydroxyl groups excluding tert-OH is 1. The van der Waals surface area contributed by atoms with E-state index in [9.17, 15) is 4.79 Å². The number of hydrogen-bond donors (Lipinski definition) is 3. The van der Waals surface area contributed by atoms with E-state index >= 15 is 0 Å². The lowest BCUT2D eigenvalue weighted by molar-refractivity contribution is -0.127. The van der Waals surface area contributed by atoms with Gasteiger partial charge in [0.2, 0.25) is 5.91 Å². The molecule has 0 saturated carbocycles. The second-order valence-electron chi connectivity index (χ2n) is 6.07. The molecule has 1 atom stereocenters. The topological polar surface area (TPSA) is 79.2 Å². The maximum absolute atomic E-state index is 12.4. The van der Waals surface area contributed by atoms with Gasteiger partial charge in [0.05, 0.1) is 30.9 Å². The highest BCUT2D eigenvalue weighted by Crippen LogP contribution is 2.30. The van der Waals surface area contributed by atoms with Crippen LogP contribution in [0.15, 0.2) is 6.20 Å². The van der Waals surface area contributed by atoms with Crippen LogP contribution in [0.5, 0.6) is 0 Å². The Morgan fingerprint density at radius 2 is 2.33 bits per heavy atom. The molecule has 0 fully saturated rings. The number of nitrogens with zero attached hydrogens (tertiary/aromatic N) is 2. The van der Waals surface area contributed by atoms with Crippen LogP contribution < -0.4 is 10.6 Å². The summed E-state index contributed by atoms with van der Waals surface area (Å²) in [6.07, 6.45) is 4.75. The van der Waals surface area contributed by atoms with Gasteiger partial charge in [0.15, 0.2) is 0 Å². The molecule has 6 heteroatoms. The van der Waals surface area contributed by atoms with E-state index in [0.29, 0.717) is 6.54 Å². The predicted molar refractivity (Wildman–Crippen MR) is 80.9 cm³/mol. The monoisotopic (exact) mass is 294 g/mol. The Balaban J connectivity index is 2.12. The van der Waals surface area contributed by atoms with Crippen molar-refractivity contribution in [1.82, 2.24) is 20.4 Å². The predicted octanol–water partition coefficient (Wildman–Crippen LogP) is 0.757. The highest BCUT2D eigenvalue weighted by Gasteiger charge is 2.31. The molecule has 0 aromatic carbocycles. The summed E-state index contributed by atoms with van der Waals surface area (Å²) in [7, 11) is 0. The molecule has 1 aromatic rings. The molecule has 0 aliphatic heterocycles. The van der Waals surface area contributed by atoms with Crippen LogP contribution in [0.25, 0.3) is 0 Å². The van der Waals surface area contributed by atoms with Crippen molar-refractivity contribution in [2.75, 3.05) is 13.2 Å². The van der Waals surface area contributed by atoms with Crippen LogP contribution in [0, 0.1) is 0 Å². The van der Waals surface area contributed by atoms with E-state index in [1.54, 1.807) is 0 Å². The third-order valence-electron chi connectivity index (χ3n) is 4.07. The zero-order valence-electron chi connectivity index (χ0n) is 13.1. The first-order valence-corrected chi connectivity index (χ1v) is 7.71. The maximum Gasteiger partial charge on any atom is 0.240 e. The van der Waals surface area contributed by atoms with Gasteiger partial charge in [-0.2, -0.15) is 5.10 Å². The second kappa shape index (κ2) is 6.58. The van der Waals surface area contributed by atoms with Crippen LogP contribution in [-0.2, 0) is 17.8 Å². The van der Waals surface area contributed by atoms with Gasteiger partial charge in [-0.05, 0) is 39.7 Å². The summed E-state index contributed by atoms with van der Waals surface area (Å²) < 4.78 is 1.85. The molecule has 6 nitrogen and oxygen atoms in total. The van der Waals surface area contributed by atoms with E-state index in [0.717, 1.165) is 37.1 Å². The Morgan fingerprint density at radius 1 is 1.57 bits per heavy atom. The first-order valence-electron chi connectivity index (χ1n) is 7.71. The quantitative estimate of drug-likeness (QED) is 0.723. The number of amides is 1. The van der Waals surface area contributed by atoms with E-state index in [2.05, 4.69) is 15.7 Å². The van der Waals surface area contributed by atoms with Crippen LogP contribution >= 0.6 is 0 Å². The second-order valence-corrected chi connectivity index (χ2v) is 6.07. The van der Waals surface area contributed by atoms with Crippen molar-refractivity contribution >= 4 is 5.91 Å². The molecule has 0 spiro atoms. The zero-order chi connectivity index (χ0) is 15.5. The number of carbonyl (C=O) groups excluding carboxylic acids is 1. The van der Waals surface area contributed by atoms with Crippen LogP contribution in [0.3, 0.4) is 0 Å². The summed E-state index contributed by atoms with van der Waals surface area (Å²) in [5.74, 6) is 0.0112. The first-order chi connectivity index (χ1) is 9.99. The molecule has 1 aliphatic rings. The van der Waals surface area contributed by atoms with Crippen molar-refractivity contribution in [3.63, 3.8) is 0 Å². The minimum absolute atomic E-state index is 0.0112. The first kappa shape index (κ1) is 16.0. The SMILES string of the molecule is CCNC(C)(C)C(=O)NC1CCCc2c1cnn2CCO. The van der Waals surface area contributed by atoms with Crippen molar-refractivity contribution in [3.8, 4) is 0 Å². The van der Waals surface area contributed by atoms with Gasteiger partial charge in [0.25, 0.3) is 0 Å². The lowest BCUT2D eigenvalue weighted by Gasteiger charge is -2.30. The van der Waals surface area contributed by atoms with E-state index in [4.69, 9.17) is 5.11 Å². The van der Waals surface area contributed by atoms with Crippen LogP contribution in [-0.4, -0.2) is 39.5 Å². The van der Waals surface area contributed by atoms with Gasteiger partial charge in [0, 0.05) is 11.3 Å². The standard InChI is InChI=1S/C15H26N4O2/c1-4-16-15(2,3)14(21)18-12-6-5-7-13-11(12)10-17-19(13)8-9-20/h10,12,16,20H,4-9H2,1-3H3,(H,18,21). The van der Waals surface area contributed by atoms with Crippen molar-refractivity contribution < 1.29 is 9.90 Å². The Kier molecular flexibility index (Phi) is 5.00. The molecular formula is C15H26N4O2. The number of nitrogens with one attached hydrogen (secondary N) is 2. The normalized spacial score (nSPS) is 18.4. The summed E-state index contributed by atoms with van der Waals surface area (Å²) in [4.78, 5) is 12.4. The van der Waals surface area contributed by atoms with E-state index in [1.807, 2.05) is 31.6 Å². The molecule has 1 aromatic heterocycles. The van der Waals surface area contributed by atoms with Crippen molar-refractivity contribution in [2.24, 2.45) is 0 Å². The van der Waals surface area contributed by atoms with Crippen LogP contribution in [0.1, 0.15) is 50.9 Å². The Morgan fingerprint density at radius 3 is 3.00 bits per heavy atom. The lowest BCUT2D eigenvalue weighted by atomic mass is 9.92. The molecule has 1 unspecified atom stereocenters. The largest absolute Gasteiger partial charge is 0.394 e. The van der Waals surface area contributed by atoms with Gasteiger partial charge in [-0.15, -0.1) is 0 Å². The number of hydrogen-bond acceptors (Lipinski definition) is 4. The van der Waals surface area contributed by atoms with Gasteiger partial charge in [-0.25, -0.2) is 0 Å². The highest BCUT2D eigenvalue weighted by atomic mass is 16.3. The number of aliphatic hydroxyl groups is 1. The summed E-state index contributed by atoms with van der Waals surface area (Å²) in [6, 6.07) is 0.0200. The number of likely N-dealkylation sites (N-methyl/N-ethyl adjacent to an activating group) is 1. The fourth-order valence-corrected chi connectivity index (χ4v) is 2.92. The van der Waals surface area contributed by atoms with Crippen molar-refractivity contribution in [3.05, 3.63) is 17.5 Å². The third-order valence-corrected chi connectivity index (χ3v) is 4.07. The van der Waals surface area contributed by atoms with Gasteiger partial charge in [0.1, 0.15) is 0 Å². The Labute approximate surface area is 125 Å². The van der Waals surface area contributed by atoms with E-state index < -0.39 is 5.54 Å². The van der Waals surface area contributed by atoms with Gasteiger partial charge < -0.3 is 15.7 Å². The summed E-state index contributed by atoms with van der Waals surface area (Å²) >= 11 is 0. The van der Waals surface area contributed by atoms with Gasteiger partial charge in [-0.1, -0.05) is 6.92 Å². The maximum atomic E-state index is 12.4. The molecule has 3 N–H and O–H groups in total. The van der Waals surface area contributed by atoms with Gasteiger partial charge >= 0.3 is 0 Å². The molecule has 0 saturated heterocycles. The molecule has 2 rings (SSSR count). The Hall–Kier alpha value is -1.40. The fraction of sp³-hybridized carbons (Fsp3) is 0.733. The summed E-state index contributed by atoms with van der Waals surface area (Å²) in [6.45, 7) is 7.13. The highest BCUT2D eigenvalue weighted by molar-refractivity contribution is 5.85. The van der Waals surface area contributed by atoms with Crippen LogP contribution in [0.4, 0.5) is 0 Å². The molecule has 1 amide bonds. The minimum atomic E-state index is -0.576. The van der Waals surface area contributed by atoms with Crippen molar-refractivity contribution in [2.45, 2.75) is 58.2 Å². The van der Waals surface area contributed by atoms with Crippen molar-refractivity contribution in [1.29, 1.82) is 0 Å². The molecule has 1 heterocycles. The lowest BCUT2D eigenvalue weighted by Crippen LogP contribution is -2.53. The average Bonchev–Trinajstić information content (AvgIpc) is 2.84. The molecule has 21 heavy (non-hydrogen) atoms. The molecule has 0 bridgehead atoms. The number of carbonyl (C=O) groups is 1. The summed E-state index contributed by atoms with van der Waals surface area (Å²) in [5, 5.41) is 19.7. The van der Waals surface area contributed by atoms with E-state index in [-0.39, 0.29) is 18.6 Å². The zero-order valence-corrected chi connectivity index (χ0v) is 13.1. The average molecular weight is 294 g/mol. The number of rotatable bonds is 6.